The van der Waals surface area contributed by atoms with Crippen LogP contribution in [0.2, 0.25) is 0 Å². The Bertz CT molecular complexity index is 454. The van der Waals surface area contributed by atoms with Crippen molar-refractivity contribution in [1.29, 1.82) is 0 Å². The number of ether oxygens (including phenoxy) is 1. The minimum atomic E-state index is 0.362. The summed E-state index contributed by atoms with van der Waals surface area (Å²) in [6, 6.07) is 8.13. The molecule has 1 spiro atoms. The molecule has 1 aromatic rings. The van der Waals surface area contributed by atoms with Crippen LogP contribution < -0.4 is 5.32 Å². The Kier molecular flexibility index (Phi) is 3.99. The second kappa shape index (κ2) is 5.74. The molecule has 3 heteroatoms. The van der Waals surface area contributed by atoms with E-state index in [4.69, 9.17) is 4.74 Å². The first-order chi connectivity index (χ1) is 9.76. The molecule has 0 heterocycles. The van der Waals surface area contributed by atoms with E-state index in [1.807, 2.05) is 18.2 Å². The molecule has 2 unspecified atom stereocenters. The maximum atomic E-state index is 9.84. The highest BCUT2D eigenvalue weighted by Gasteiger charge is 2.56. The van der Waals surface area contributed by atoms with Crippen LogP contribution in [0.5, 0.6) is 5.75 Å². The molecule has 0 aromatic heterocycles. The molecule has 2 aliphatic carbocycles. The summed E-state index contributed by atoms with van der Waals surface area (Å²) >= 11 is 0. The van der Waals surface area contributed by atoms with E-state index < -0.39 is 0 Å². The lowest BCUT2D eigenvalue weighted by atomic mass is 9.60. The maximum absolute atomic E-state index is 9.84. The van der Waals surface area contributed by atoms with Gasteiger partial charge in [-0.15, -0.1) is 0 Å². The van der Waals surface area contributed by atoms with E-state index in [1.165, 1.54) is 25.7 Å². The third-order valence-electron chi connectivity index (χ3n) is 5.22. The van der Waals surface area contributed by atoms with Crippen molar-refractivity contribution in [2.24, 2.45) is 5.41 Å². The lowest BCUT2D eigenvalue weighted by Crippen LogP contribution is -2.62. The first-order valence-corrected chi connectivity index (χ1v) is 7.88. The summed E-state index contributed by atoms with van der Waals surface area (Å²) in [5.41, 5.74) is 1.35. The van der Waals surface area contributed by atoms with Crippen LogP contribution in [0.1, 0.15) is 44.6 Å². The summed E-state index contributed by atoms with van der Waals surface area (Å²) in [7, 11) is 0. The standard InChI is InChI=1S/C17H25NO2/c1-2-20-16-11-15(17(16)9-5-6-10-17)18-12-13-7-3-4-8-14(13)19/h3-4,7-8,15-16,18-19H,2,5-6,9-12H2,1H3. The van der Waals surface area contributed by atoms with Gasteiger partial charge in [0.2, 0.25) is 0 Å². The number of hydrogen-bond donors (Lipinski definition) is 2. The van der Waals surface area contributed by atoms with Gasteiger partial charge in [0, 0.05) is 30.2 Å². The largest absolute Gasteiger partial charge is 0.508 e. The molecular weight excluding hydrogens is 250 g/mol. The highest BCUT2D eigenvalue weighted by atomic mass is 16.5. The van der Waals surface area contributed by atoms with Crippen molar-refractivity contribution < 1.29 is 9.84 Å². The van der Waals surface area contributed by atoms with E-state index in [2.05, 4.69) is 12.2 Å². The zero-order chi connectivity index (χ0) is 14.0. The number of phenols is 1. The molecule has 20 heavy (non-hydrogen) atoms. The van der Waals surface area contributed by atoms with Crippen molar-refractivity contribution in [3.8, 4) is 5.75 Å². The van der Waals surface area contributed by atoms with Gasteiger partial charge in [-0.3, -0.25) is 0 Å². The summed E-state index contributed by atoms with van der Waals surface area (Å²) < 4.78 is 5.93. The summed E-state index contributed by atoms with van der Waals surface area (Å²) in [6.07, 6.45) is 6.79. The van der Waals surface area contributed by atoms with Crippen LogP contribution in [-0.4, -0.2) is 23.9 Å². The molecule has 1 aromatic carbocycles. The van der Waals surface area contributed by atoms with Gasteiger partial charge in [-0.05, 0) is 32.3 Å². The smallest absolute Gasteiger partial charge is 0.120 e. The number of phenolic OH excluding ortho intramolecular Hbond substituents is 1. The van der Waals surface area contributed by atoms with E-state index in [0.717, 1.165) is 25.1 Å². The van der Waals surface area contributed by atoms with Crippen LogP contribution in [0.25, 0.3) is 0 Å². The molecule has 0 saturated heterocycles. The Labute approximate surface area is 121 Å². The van der Waals surface area contributed by atoms with Crippen LogP contribution in [0, 0.1) is 5.41 Å². The van der Waals surface area contributed by atoms with E-state index in [0.29, 0.717) is 23.3 Å². The molecule has 0 amide bonds. The fourth-order valence-corrected chi connectivity index (χ4v) is 4.07. The van der Waals surface area contributed by atoms with Gasteiger partial charge in [0.25, 0.3) is 0 Å². The summed E-state index contributed by atoms with van der Waals surface area (Å²) in [4.78, 5) is 0. The van der Waals surface area contributed by atoms with Crippen molar-refractivity contribution in [1.82, 2.24) is 5.32 Å². The zero-order valence-corrected chi connectivity index (χ0v) is 12.3. The van der Waals surface area contributed by atoms with E-state index >= 15 is 0 Å². The van der Waals surface area contributed by atoms with Crippen LogP contribution in [-0.2, 0) is 11.3 Å². The van der Waals surface area contributed by atoms with E-state index in [1.54, 1.807) is 6.07 Å². The molecule has 2 fully saturated rings. The molecule has 2 atom stereocenters. The molecule has 0 bridgehead atoms. The monoisotopic (exact) mass is 275 g/mol. The van der Waals surface area contributed by atoms with Crippen molar-refractivity contribution in [3.05, 3.63) is 29.8 Å². The van der Waals surface area contributed by atoms with Crippen LogP contribution in [0.4, 0.5) is 0 Å². The van der Waals surface area contributed by atoms with Gasteiger partial charge in [-0.25, -0.2) is 0 Å². The first kappa shape index (κ1) is 13.9. The third-order valence-corrected chi connectivity index (χ3v) is 5.22. The summed E-state index contributed by atoms with van der Waals surface area (Å²) in [5.74, 6) is 0.390. The highest BCUT2D eigenvalue weighted by molar-refractivity contribution is 5.31. The van der Waals surface area contributed by atoms with E-state index in [9.17, 15) is 5.11 Å². The third kappa shape index (κ3) is 2.33. The Morgan fingerprint density at radius 2 is 2.05 bits per heavy atom. The van der Waals surface area contributed by atoms with Crippen LogP contribution >= 0.6 is 0 Å². The van der Waals surface area contributed by atoms with E-state index in [-0.39, 0.29) is 0 Å². The van der Waals surface area contributed by atoms with Gasteiger partial charge in [-0.2, -0.15) is 0 Å². The minimum absolute atomic E-state index is 0.362. The van der Waals surface area contributed by atoms with Crippen molar-refractivity contribution in [3.63, 3.8) is 0 Å². The second-order valence-electron chi connectivity index (χ2n) is 6.18. The van der Waals surface area contributed by atoms with Gasteiger partial charge >= 0.3 is 0 Å². The molecule has 0 aliphatic heterocycles. The zero-order valence-electron chi connectivity index (χ0n) is 12.3. The van der Waals surface area contributed by atoms with Gasteiger partial charge in [0.15, 0.2) is 0 Å². The SMILES string of the molecule is CCOC1CC(NCc2ccccc2O)C12CCCC2. The Morgan fingerprint density at radius 1 is 1.30 bits per heavy atom. The predicted molar refractivity (Wildman–Crippen MR) is 79.7 cm³/mol. The molecule has 2 aliphatic rings. The topological polar surface area (TPSA) is 41.5 Å². The van der Waals surface area contributed by atoms with Crippen molar-refractivity contribution in [2.45, 2.75) is 57.7 Å². The number of benzene rings is 1. The highest BCUT2D eigenvalue weighted by Crippen LogP contribution is 2.54. The molecule has 0 radical (unpaired) electrons. The normalized spacial score (nSPS) is 27.6. The number of nitrogens with one attached hydrogen (secondary N) is 1. The molecule has 2 N–H and O–H groups in total. The number of para-hydroxylation sites is 1. The number of aromatic hydroxyl groups is 1. The molecule has 3 nitrogen and oxygen atoms in total. The van der Waals surface area contributed by atoms with Gasteiger partial charge in [0.05, 0.1) is 6.10 Å². The Hall–Kier alpha value is -1.06. The van der Waals surface area contributed by atoms with Gasteiger partial charge in [-0.1, -0.05) is 31.0 Å². The van der Waals surface area contributed by atoms with Crippen LogP contribution in [0.3, 0.4) is 0 Å². The molecule has 3 rings (SSSR count). The molecule has 2 saturated carbocycles. The predicted octanol–water partition coefficient (Wildman–Crippen LogP) is 3.22. The van der Waals surface area contributed by atoms with Gasteiger partial charge in [0.1, 0.15) is 5.75 Å². The van der Waals surface area contributed by atoms with Gasteiger partial charge < -0.3 is 15.2 Å². The average molecular weight is 275 g/mol. The molecular formula is C17H25NO2. The second-order valence-corrected chi connectivity index (χ2v) is 6.18. The lowest BCUT2D eigenvalue weighted by Gasteiger charge is -2.54. The maximum Gasteiger partial charge on any atom is 0.120 e. The average Bonchev–Trinajstić information content (AvgIpc) is 2.96. The number of hydrogen-bond acceptors (Lipinski definition) is 3. The lowest BCUT2D eigenvalue weighted by molar-refractivity contribution is -0.130. The Balaban J connectivity index is 1.62. The molecule has 110 valence electrons. The minimum Gasteiger partial charge on any atom is -0.508 e. The quantitative estimate of drug-likeness (QED) is 0.867. The fraction of sp³-hybridized carbons (Fsp3) is 0.647. The van der Waals surface area contributed by atoms with Crippen molar-refractivity contribution >= 4 is 0 Å². The first-order valence-electron chi connectivity index (χ1n) is 7.88. The fourth-order valence-electron chi connectivity index (χ4n) is 4.07. The number of rotatable bonds is 5. The summed E-state index contributed by atoms with van der Waals surface area (Å²) in [5, 5.41) is 13.5. The summed E-state index contributed by atoms with van der Waals surface area (Å²) in [6.45, 7) is 3.65. The van der Waals surface area contributed by atoms with Crippen LogP contribution in [0.15, 0.2) is 24.3 Å². The van der Waals surface area contributed by atoms with Crippen molar-refractivity contribution in [2.75, 3.05) is 6.61 Å². The Morgan fingerprint density at radius 3 is 2.75 bits per heavy atom.